The van der Waals surface area contributed by atoms with Crippen LogP contribution in [0.25, 0.3) is 0 Å². The predicted molar refractivity (Wildman–Crippen MR) is 45.0 cm³/mol. The van der Waals surface area contributed by atoms with Crippen molar-refractivity contribution in [2.75, 3.05) is 7.11 Å². The fraction of sp³-hybridized carbons (Fsp3) is 0.125. The van der Waals surface area contributed by atoms with Gasteiger partial charge >= 0.3 is 0 Å². The largest absolute Gasteiger partial charge is 0.497 e. The van der Waals surface area contributed by atoms with Gasteiger partial charge in [0.2, 0.25) is 0 Å². The molecule has 11 heavy (non-hydrogen) atoms. The van der Waals surface area contributed by atoms with Crippen LogP contribution in [0.2, 0.25) is 0 Å². The van der Waals surface area contributed by atoms with Gasteiger partial charge in [-0.2, -0.15) is 5.26 Å². The van der Waals surface area contributed by atoms with Crippen molar-refractivity contribution in [1.82, 2.24) is 0 Å². The van der Waals surface area contributed by atoms with Gasteiger partial charge in [0.1, 0.15) is 5.75 Å². The number of nitrogens with zero attached hydrogens (tertiary/aromatic N) is 1. The Hall–Kier alpha value is -1.20. The minimum atomic E-state index is 0. The third-order valence-corrected chi connectivity index (χ3v) is 1.22. The number of benzene rings is 1. The smallest absolute Gasteiger partial charge is 0.118 e. The molecule has 0 saturated carbocycles. The summed E-state index contributed by atoms with van der Waals surface area (Å²) >= 11 is 0. The summed E-state index contributed by atoms with van der Waals surface area (Å²) in [4.78, 5) is 0. The molecule has 0 heterocycles. The summed E-state index contributed by atoms with van der Waals surface area (Å²) in [7, 11) is 1.60. The van der Waals surface area contributed by atoms with Crippen LogP contribution in [0.5, 0.6) is 5.75 Å². The highest BCUT2D eigenvalue weighted by Gasteiger charge is 1.89. The Labute approximate surface area is 71.8 Å². The minimum Gasteiger partial charge on any atom is -0.497 e. The second-order valence-corrected chi connectivity index (χ2v) is 1.84. The predicted octanol–water partition coefficient (Wildman–Crippen LogP) is 1.99. The van der Waals surface area contributed by atoms with E-state index in [1.54, 1.807) is 31.4 Å². The summed E-state index contributed by atoms with van der Waals surface area (Å²) in [5.41, 5.74) is 0.654. The maximum absolute atomic E-state index is 8.41. The molecule has 2 nitrogen and oxygen atoms in total. The molecule has 3 heteroatoms. The number of hydrogen-bond donors (Lipinski definition) is 0. The molecule has 0 aromatic heterocycles. The molecule has 0 amide bonds. The highest BCUT2D eigenvalue weighted by Crippen LogP contribution is 2.09. The maximum Gasteiger partial charge on any atom is 0.118 e. The molecule has 1 aromatic rings. The van der Waals surface area contributed by atoms with Crippen molar-refractivity contribution < 1.29 is 4.74 Å². The summed E-state index contributed by atoms with van der Waals surface area (Å²) in [5.74, 6) is 0.777. The highest BCUT2D eigenvalue weighted by molar-refractivity contribution is 5.85. The van der Waals surface area contributed by atoms with Crippen LogP contribution in [0.15, 0.2) is 24.3 Å². The van der Waals surface area contributed by atoms with Crippen molar-refractivity contribution in [3.63, 3.8) is 0 Å². The molecule has 0 aliphatic rings. The van der Waals surface area contributed by atoms with Crippen LogP contribution in [0.3, 0.4) is 0 Å². The number of halogens is 1. The molecule has 0 saturated heterocycles. The molecule has 0 atom stereocenters. The molecule has 1 aromatic carbocycles. The van der Waals surface area contributed by atoms with Crippen molar-refractivity contribution >= 4 is 12.4 Å². The number of hydrogen-bond acceptors (Lipinski definition) is 2. The lowest BCUT2D eigenvalue weighted by Crippen LogP contribution is -1.81. The van der Waals surface area contributed by atoms with Gasteiger partial charge < -0.3 is 4.74 Å². The van der Waals surface area contributed by atoms with E-state index >= 15 is 0 Å². The molecule has 0 aliphatic carbocycles. The van der Waals surface area contributed by atoms with Gasteiger partial charge in [0.05, 0.1) is 18.7 Å². The van der Waals surface area contributed by atoms with E-state index in [2.05, 4.69) is 0 Å². The number of rotatable bonds is 1. The molecule has 0 aliphatic heterocycles. The first-order valence-corrected chi connectivity index (χ1v) is 2.91. The fourth-order valence-electron chi connectivity index (χ4n) is 0.666. The third-order valence-electron chi connectivity index (χ3n) is 1.22. The molecule has 0 unspecified atom stereocenters. The average molecular weight is 170 g/mol. The van der Waals surface area contributed by atoms with E-state index in [0.29, 0.717) is 5.56 Å². The molecule has 0 N–H and O–H groups in total. The number of nitriles is 1. The van der Waals surface area contributed by atoms with Crippen LogP contribution in [-0.2, 0) is 0 Å². The second kappa shape index (κ2) is 4.59. The van der Waals surface area contributed by atoms with E-state index in [1.807, 2.05) is 6.07 Å². The zero-order chi connectivity index (χ0) is 7.40. The van der Waals surface area contributed by atoms with Gasteiger partial charge in [-0.15, -0.1) is 12.4 Å². The Balaban J connectivity index is 0.000001000. The van der Waals surface area contributed by atoms with E-state index in [9.17, 15) is 0 Å². The number of ether oxygens (including phenoxy) is 1. The second-order valence-electron chi connectivity index (χ2n) is 1.84. The summed E-state index contributed by atoms with van der Waals surface area (Å²) in [6, 6.07) is 8.99. The topological polar surface area (TPSA) is 33.0 Å². The van der Waals surface area contributed by atoms with E-state index < -0.39 is 0 Å². The lowest BCUT2D eigenvalue weighted by Gasteiger charge is -1.96. The Morgan fingerprint density at radius 3 is 2.18 bits per heavy atom. The van der Waals surface area contributed by atoms with Crippen molar-refractivity contribution in [3.05, 3.63) is 29.8 Å². The van der Waals surface area contributed by atoms with Gasteiger partial charge in [-0.3, -0.25) is 0 Å². The quantitative estimate of drug-likeness (QED) is 0.644. The first-order valence-electron chi connectivity index (χ1n) is 2.91. The molecular weight excluding hydrogens is 162 g/mol. The van der Waals surface area contributed by atoms with E-state index in [0.717, 1.165) is 5.75 Å². The Morgan fingerprint density at radius 2 is 1.82 bits per heavy atom. The zero-order valence-electron chi connectivity index (χ0n) is 6.07. The van der Waals surface area contributed by atoms with Crippen LogP contribution in [0, 0.1) is 11.3 Å². The van der Waals surface area contributed by atoms with Gasteiger partial charge in [0.25, 0.3) is 0 Å². The van der Waals surface area contributed by atoms with Crippen LogP contribution >= 0.6 is 12.4 Å². The first-order chi connectivity index (χ1) is 4.86. The van der Waals surface area contributed by atoms with Crippen LogP contribution in [0.4, 0.5) is 0 Å². The molecule has 0 spiro atoms. The summed E-state index contributed by atoms with van der Waals surface area (Å²) in [6.45, 7) is 0. The van der Waals surface area contributed by atoms with Gasteiger partial charge in [-0.05, 0) is 24.3 Å². The van der Waals surface area contributed by atoms with Gasteiger partial charge in [-0.1, -0.05) is 0 Å². The average Bonchev–Trinajstić information content (AvgIpc) is 2.05. The van der Waals surface area contributed by atoms with E-state index in [4.69, 9.17) is 10.00 Å². The molecule has 0 fully saturated rings. The Bertz CT molecular complexity index is 250. The summed E-state index contributed by atoms with van der Waals surface area (Å²) in [6.07, 6.45) is 0. The monoisotopic (exact) mass is 169 g/mol. The highest BCUT2D eigenvalue weighted by atomic mass is 35.5. The first kappa shape index (κ1) is 9.80. The summed E-state index contributed by atoms with van der Waals surface area (Å²) in [5, 5.41) is 8.41. The van der Waals surface area contributed by atoms with Crippen LogP contribution in [0.1, 0.15) is 5.56 Å². The van der Waals surface area contributed by atoms with Crippen molar-refractivity contribution in [3.8, 4) is 11.8 Å². The van der Waals surface area contributed by atoms with Gasteiger partial charge in [0.15, 0.2) is 0 Å². The molecule has 0 radical (unpaired) electrons. The minimum absolute atomic E-state index is 0. The van der Waals surface area contributed by atoms with Crippen molar-refractivity contribution in [2.24, 2.45) is 0 Å². The number of methoxy groups -OCH3 is 1. The Kier molecular flexibility index (Phi) is 4.09. The lowest BCUT2D eigenvalue weighted by molar-refractivity contribution is 0.415. The zero-order valence-corrected chi connectivity index (χ0v) is 6.89. The van der Waals surface area contributed by atoms with Crippen LogP contribution < -0.4 is 4.74 Å². The van der Waals surface area contributed by atoms with Gasteiger partial charge in [0, 0.05) is 0 Å². The summed E-state index contributed by atoms with van der Waals surface area (Å²) < 4.78 is 4.90. The van der Waals surface area contributed by atoms with Crippen LogP contribution in [-0.4, -0.2) is 7.11 Å². The molecule has 0 bridgehead atoms. The molecular formula is C8H8ClNO. The van der Waals surface area contributed by atoms with Crippen molar-refractivity contribution in [2.45, 2.75) is 0 Å². The molecule has 58 valence electrons. The lowest BCUT2D eigenvalue weighted by atomic mass is 10.2. The third kappa shape index (κ3) is 2.48. The fourth-order valence-corrected chi connectivity index (χ4v) is 0.666. The van der Waals surface area contributed by atoms with Crippen molar-refractivity contribution in [1.29, 1.82) is 5.26 Å². The normalized spacial score (nSPS) is 7.64. The standard InChI is InChI=1S/C8H7NO.ClH/c1-10-8-4-2-7(6-9)3-5-8;/h2-5H,1H3;1H. The molecule has 1 rings (SSSR count). The Morgan fingerprint density at radius 1 is 1.27 bits per heavy atom. The van der Waals surface area contributed by atoms with E-state index in [1.165, 1.54) is 0 Å². The van der Waals surface area contributed by atoms with Gasteiger partial charge in [-0.25, -0.2) is 0 Å². The SMILES string of the molecule is COc1ccc(C#N)cc1.Cl. The van der Waals surface area contributed by atoms with E-state index in [-0.39, 0.29) is 12.4 Å². The maximum atomic E-state index is 8.41.